The van der Waals surface area contributed by atoms with Crippen molar-refractivity contribution in [2.24, 2.45) is 5.92 Å². The third kappa shape index (κ3) is 1.84. The van der Waals surface area contributed by atoms with Gasteiger partial charge in [-0.15, -0.1) is 0 Å². The summed E-state index contributed by atoms with van der Waals surface area (Å²) in [6.07, 6.45) is 6.15. The molecule has 2 unspecified atom stereocenters. The molecule has 2 atom stereocenters. The van der Waals surface area contributed by atoms with Crippen molar-refractivity contribution in [3.05, 3.63) is 30.1 Å². The molecule has 74 valence electrons. The maximum atomic E-state index is 11.4. The SMILES string of the molecule is CC1CCC(=O)CC1c1cccnc1. The van der Waals surface area contributed by atoms with Crippen molar-refractivity contribution in [2.75, 3.05) is 0 Å². The summed E-state index contributed by atoms with van der Waals surface area (Å²) in [6.45, 7) is 2.23. The van der Waals surface area contributed by atoms with Crippen LogP contribution in [0.5, 0.6) is 0 Å². The number of hydrogen-bond donors (Lipinski definition) is 0. The van der Waals surface area contributed by atoms with E-state index in [1.807, 2.05) is 12.3 Å². The Bertz CT molecular complexity index is 320. The van der Waals surface area contributed by atoms with Crippen molar-refractivity contribution < 1.29 is 4.79 Å². The molecule has 0 amide bonds. The number of ketones is 1. The first kappa shape index (κ1) is 9.38. The standard InChI is InChI=1S/C12H15NO/c1-9-4-5-11(14)7-12(9)10-3-2-6-13-8-10/h2-3,6,8-9,12H,4-5,7H2,1H3. The fraction of sp³-hybridized carbons (Fsp3) is 0.500. The largest absolute Gasteiger partial charge is 0.300 e. The Hall–Kier alpha value is -1.18. The Morgan fingerprint density at radius 2 is 2.36 bits per heavy atom. The highest BCUT2D eigenvalue weighted by molar-refractivity contribution is 5.80. The first-order valence-corrected chi connectivity index (χ1v) is 5.19. The maximum Gasteiger partial charge on any atom is 0.133 e. The van der Waals surface area contributed by atoms with Gasteiger partial charge in [0.1, 0.15) is 5.78 Å². The fourth-order valence-electron chi connectivity index (χ4n) is 2.18. The van der Waals surface area contributed by atoms with Gasteiger partial charge in [-0.25, -0.2) is 0 Å². The topological polar surface area (TPSA) is 30.0 Å². The molecule has 0 spiro atoms. The van der Waals surface area contributed by atoms with Gasteiger partial charge in [-0.1, -0.05) is 13.0 Å². The molecule has 1 aliphatic rings. The zero-order chi connectivity index (χ0) is 9.97. The van der Waals surface area contributed by atoms with Gasteiger partial charge in [-0.05, 0) is 29.9 Å². The molecule has 1 heterocycles. The third-order valence-corrected chi connectivity index (χ3v) is 3.13. The second-order valence-electron chi connectivity index (χ2n) is 4.15. The fourth-order valence-corrected chi connectivity index (χ4v) is 2.18. The lowest BCUT2D eigenvalue weighted by Crippen LogP contribution is -2.21. The molecule has 1 aromatic rings. The number of nitrogens with zero attached hydrogens (tertiary/aromatic N) is 1. The van der Waals surface area contributed by atoms with Gasteiger partial charge in [0.05, 0.1) is 0 Å². The molecule has 1 aromatic heterocycles. The van der Waals surface area contributed by atoms with Crippen LogP contribution in [0.25, 0.3) is 0 Å². The second-order valence-corrected chi connectivity index (χ2v) is 4.15. The van der Waals surface area contributed by atoms with E-state index >= 15 is 0 Å². The summed E-state index contributed by atoms with van der Waals surface area (Å²) in [4.78, 5) is 15.5. The van der Waals surface area contributed by atoms with Crippen LogP contribution in [0.4, 0.5) is 0 Å². The van der Waals surface area contributed by atoms with E-state index in [4.69, 9.17) is 0 Å². The number of Topliss-reactive ketones (excluding diaryl/α,β-unsaturated/α-hetero) is 1. The second kappa shape index (κ2) is 3.91. The van der Waals surface area contributed by atoms with Gasteiger partial charge in [-0.2, -0.15) is 0 Å². The number of aromatic nitrogens is 1. The highest BCUT2D eigenvalue weighted by atomic mass is 16.1. The highest BCUT2D eigenvalue weighted by Crippen LogP contribution is 2.35. The van der Waals surface area contributed by atoms with E-state index < -0.39 is 0 Å². The lowest BCUT2D eigenvalue weighted by atomic mass is 9.76. The van der Waals surface area contributed by atoms with Crippen LogP contribution in [0.1, 0.15) is 37.7 Å². The van der Waals surface area contributed by atoms with E-state index in [0.717, 1.165) is 12.8 Å². The zero-order valence-corrected chi connectivity index (χ0v) is 8.44. The summed E-state index contributed by atoms with van der Waals surface area (Å²) >= 11 is 0. The van der Waals surface area contributed by atoms with Crippen LogP contribution in [0.2, 0.25) is 0 Å². The summed E-state index contributed by atoms with van der Waals surface area (Å²) in [5.74, 6) is 1.40. The Morgan fingerprint density at radius 3 is 3.07 bits per heavy atom. The Kier molecular flexibility index (Phi) is 2.62. The van der Waals surface area contributed by atoms with Crippen molar-refractivity contribution in [2.45, 2.75) is 32.1 Å². The van der Waals surface area contributed by atoms with Crippen LogP contribution in [-0.4, -0.2) is 10.8 Å². The maximum absolute atomic E-state index is 11.4. The molecule has 0 bridgehead atoms. The number of pyridine rings is 1. The molecule has 0 saturated heterocycles. The Balaban J connectivity index is 2.20. The van der Waals surface area contributed by atoms with E-state index in [9.17, 15) is 4.79 Å². The molecule has 2 nitrogen and oxygen atoms in total. The summed E-state index contributed by atoms with van der Waals surface area (Å²) < 4.78 is 0. The number of rotatable bonds is 1. The minimum atomic E-state index is 0.393. The molecule has 2 heteroatoms. The smallest absolute Gasteiger partial charge is 0.133 e. The Morgan fingerprint density at radius 1 is 1.50 bits per heavy atom. The predicted octanol–water partition coefficient (Wildman–Crippen LogP) is 2.55. The predicted molar refractivity (Wildman–Crippen MR) is 55.0 cm³/mol. The molecule has 1 saturated carbocycles. The number of carbonyl (C=O) groups excluding carboxylic acids is 1. The summed E-state index contributed by atoms with van der Waals surface area (Å²) in [7, 11) is 0. The van der Waals surface area contributed by atoms with Crippen LogP contribution < -0.4 is 0 Å². The average Bonchev–Trinajstić information content (AvgIpc) is 2.23. The molecular weight excluding hydrogens is 174 g/mol. The van der Waals surface area contributed by atoms with E-state index in [1.54, 1.807) is 6.20 Å². The van der Waals surface area contributed by atoms with Crippen LogP contribution in [-0.2, 0) is 4.79 Å². The number of hydrogen-bond acceptors (Lipinski definition) is 2. The van der Waals surface area contributed by atoms with E-state index in [0.29, 0.717) is 24.0 Å². The highest BCUT2D eigenvalue weighted by Gasteiger charge is 2.27. The van der Waals surface area contributed by atoms with Crippen molar-refractivity contribution >= 4 is 5.78 Å². The first-order valence-electron chi connectivity index (χ1n) is 5.19. The molecule has 1 fully saturated rings. The van der Waals surface area contributed by atoms with E-state index in [2.05, 4.69) is 18.0 Å². The van der Waals surface area contributed by atoms with Crippen LogP contribution in [0, 0.1) is 5.92 Å². The molecule has 0 N–H and O–H groups in total. The third-order valence-electron chi connectivity index (χ3n) is 3.13. The normalized spacial score (nSPS) is 27.6. The lowest BCUT2D eigenvalue weighted by molar-refractivity contribution is -0.121. The van der Waals surface area contributed by atoms with E-state index in [-0.39, 0.29) is 0 Å². The molecule has 0 aromatic carbocycles. The summed E-state index contributed by atoms with van der Waals surface area (Å²) in [5, 5.41) is 0. The molecule has 0 aliphatic heterocycles. The van der Waals surface area contributed by atoms with Crippen LogP contribution in [0.3, 0.4) is 0 Å². The molecule has 2 rings (SSSR count). The quantitative estimate of drug-likeness (QED) is 0.679. The van der Waals surface area contributed by atoms with Gasteiger partial charge in [0.15, 0.2) is 0 Å². The van der Waals surface area contributed by atoms with Crippen LogP contribution >= 0.6 is 0 Å². The van der Waals surface area contributed by atoms with Gasteiger partial charge < -0.3 is 0 Å². The Labute approximate surface area is 84.4 Å². The van der Waals surface area contributed by atoms with Crippen molar-refractivity contribution in [3.63, 3.8) is 0 Å². The van der Waals surface area contributed by atoms with Crippen molar-refractivity contribution in [1.82, 2.24) is 4.98 Å². The van der Waals surface area contributed by atoms with Gasteiger partial charge in [-0.3, -0.25) is 9.78 Å². The first-order chi connectivity index (χ1) is 6.77. The molecule has 1 aliphatic carbocycles. The van der Waals surface area contributed by atoms with Gasteiger partial charge in [0.2, 0.25) is 0 Å². The summed E-state index contributed by atoms with van der Waals surface area (Å²) in [5.41, 5.74) is 1.22. The average molecular weight is 189 g/mol. The minimum absolute atomic E-state index is 0.393. The van der Waals surface area contributed by atoms with Crippen molar-refractivity contribution in [1.29, 1.82) is 0 Å². The zero-order valence-electron chi connectivity index (χ0n) is 8.44. The minimum Gasteiger partial charge on any atom is -0.300 e. The van der Waals surface area contributed by atoms with Gasteiger partial charge >= 0.3 is 0 Å². The molecule has 14 heavy (non-hydrogen) atoms. The van der Waals surface area contributed by atoms with Gasteiger partial charge in [0, 0.05) is 25.2 Å². The lowest BCUT2D eigenvalue weighted by Gasteiger charge is -2.27. The monoisotopic (exact) mass is 189 g/mol. The van der Waals surface area contributed by atoms with E-state index in [1.165, 1.54) is 5.56 Å². The van der Waals surface area contributed by atoms with Crippen LogP contribution in [0.15, 0.2) is 24.5 Å². The molecule has 0 radical (unpaired) electrons. The van der Waals surface area contributed by atoms with Crippen molar-refractivity contribution in [3.8, 4) is 0 Å². The molecular formula is C12H15NO. The number of carbonyl (C=O) groups is 1. The van der Waals surface area contributed by atoms with Gasteiger partial charge in [0.25, 0.3) is 0 Å². The summed E-state index contributed by atoms with van der Waals surface area (Å²) in [6, 6.07) is 4.02.